The van der Waals surface area contributed by atoms with Gasteiger partial charge in [0.2, 0.25) is 10.0 Å². The standard InChI is InChI=1S/C17H31N5O2S2/c1-4-18-17(19-9-8-16-22-13(2)14(3)25-16)20-10-11-26(23,24)21-12-15-6-5-7-15/h15,21H,4-12H2,1-3H3,(H2,18,19,20). The largest absolute Gasteiger partial charge is 0.357 e. The lowest BCUT2D eigenvalue weighted by molar-refractivity contribution is 0.316. The Kier molecular flexibility index (Phi) is 8.30. The highest BCUT2D eigenvalue weighted by atomic mass is 32.2. The fourth-order valence-electron chi connectivity index (χ4n) is 2.57. The summed E-state index contributed by atoms with van der Waals surface area (Å²) in [4.78, 5) is 10.1. The fraction of sp³-hybridized carbons (Fsp3) is 0.765. The third kappa shape index (κ3) is 7.20. The number of nitrogens with one attached hydrogen (secondary N) is 3. The molecule has 7 nitrogen and oxygen atoms in total. The molecule has 0 bridgehead atoms. The molecule has 2 rings (SSSR count). The summed E-state index contributed by atoms with van der Waals surface area (Å²) < 4.78 is 26.7. The maximum Gasteiger partial charge on any atom is 0.213 e. The summed E-state index contributed by atoms with van der Waals surface area (Å²) in [5.41, 5.74) is 1.09. The molecule has 1 aromatic heterocycles. The number of sulfonamides is 1. The van der Waals surface area contributed by atoms with Crippen LogP contribution in [0.4, 0.5) is 0 Å². The van der Waals surface area contributed by atoms with Gasteiger partial charge < -0.3 is 10.6 Å². The summed E-state index contributed by atoms with van der Waals surface area (Å²) in [5.74, 6) is 1.18. The van der Waals surface area contributed by atoms with E-state index in [4.69, 9.17) is 0 Å². The Labute approximate surface area is 161 Å². The summed E-state index contributed by atoms with van der Waals surface area (Å²) in [6.45, 7) is 8.34. The van der Waals surface area contributed by atoms with Gasteiger partial charge in [-0.25, -0.2) is 18.1 Å². The van der Waals surface area contributed by atoms with E-state index in [1.54, 1.807) is 11.3 Å². The van der Waals surface area contributed by atoms with Gasteiger partial charge >= 0.3 is 0 Å². The molecule has 0 unspecified atom stereocenters. The molecule has 0 atom stereocenters. The quantitative estimate of drug-likeness (QED) is 0.409. The van der Waals surface area contributed by atoms with Crippen molar-refractivity contribution >= 4 is 27.3 Å². The van der Waals surface area contributed by atoms with E-state index in [0.29, 0.717) is 25.0 Å². The SMILES string of the molecule is CCNC(=NCCS(=O)(=O)NCC1CCC1)NCCc1nc(C)c(C)s1. The van der Waals surface area contributed by atoms with Crippen LogP contribution in [-0.2, 0) is 16.4 Å². The third-order valence-corrected chi connectivity index (χ3v) is 6.95. The minimum atomic E-state index is -3.25. The van der Waals surface area contributed by atoms with Crippen molar-refractivity contribution in [2.45, 2.75) is 46.5 Å². The van der Waals surface area contributed by atoms with Gasteiger partial charge in [0.25, 0.3) is 0 Å². The molecule has 0 amide bonds. The maximum absolute atomic E-state index is 12.0. The van der Waals surface area contributed by atoms with Crippen molar-refractivity contribution in [3.8, 4) is 0 Å². The van der Waals surface area contributed by atoms with E-state index >= 15 is 0 Å². The zero-order chi connectivity index (χ0) is 19.0. The Morgan fingerprint density at radius 3 is 2.65 bits per heavy atom. The first-order chi connectivity index (χ1) is 12.4. The molecule has 9 heteroatoms. The normalized spacial score (nSPS) is 15.7. The van der Waals surface area contributed by atoms with Gasteiger partial charge in [-0.15, -0.1) is 11.3 Å². The van der Waals surface area contributed by atoms with Gasteiger partial charge in [-0.2, -0.15) is 0 Å². The van der Waals surface area contributed by atoms with Crippen LogP contribution >= 0.6 is 11.3 Å². The number of aromatic nitrogens is 1. The molecule has 1 fully saturated rings. The van der Waals surface area contributed by atoms with Gasteiger partial charge in [-0.05, 0) is 39.5 Å². The molecule has 26 heavy (non-hydrogen) atoms. The number of nitrogens with zero attached hydrogens (tertiary/aromatic N) is 2. The van der Waals surface area contributed by atoms with Gasteiger partial charge in [0.1, 0.15) is 0 Å². The number of thiazole rings is 1. The predicted octanol–water partition coefficient (Wildman–Crippen LogP) is 1.58. The molecule has 1 aromatic rings. The van der Waals surface area contributed by atoms with Crippen LogP contribution in [0.3, 0.4) is 0 Å². The Morgan fingerprint density at radius 1 is 1.31 bits per heavy atom. The molecular weight excluding hydrogens is 370 g/mol. The summed E-state index contributed by atoms with van der Waals surface area (Å²) in [7, 11) is -3.25. The van der Waals surface area contributed by atoms with Crippen molar-refractivity contribution in [2.75, 3.05) is 31.9 Å². The van der Waals surface area contributed by atoms with E-state index in [1.807, 2.05) is 13.8 Å². The van der Waals surface area contributed by atoms with Gasteiger partial charge in [0.05, 0.1) is 23.0 Å². The molecule has 0 aromatic carbocycles. The highest BCUT2D eigenvalue weighted by molar-refractivity contribution is 7.89. The second-order valence-electron chi connectivity index (χ2n) is 6.65. The highest BCUT2D eigenvalue weighted by Crippen LogP contribution is 2.25. The van der Waals surface area contributed by atoms with Crippen molar-refractivity contribution in [2.24, 2.45) is 10.9 Å². The van der Waals surface area contributed by atoms with Crippen molar-refractivity contribution in [1.82, 2.24) is 20.3 Å². The van der Waals surface area contributed by atoms with E-state index in [9.17, 15) is 8.42 Å². The van der Waals surface area contributed by atoms with E-state index in [-0.39, 0.29) is 12.3 Å². The molecule has 0 aliphatic heterocycles. The lowest BCUT2D eigenvalue weighted by Gasteiger charge is -2.25. The molecule has 148 valence electrons. The number of guanidine groups is 1. The average molecular weight is 402 g/mol. The smallest absolute Gasteiger partial charge is 0.213 e. The monoisotopic (exact) mass is 401 g/mol. The summed E-state index contributed by atoms with van der Waals surface area (Å²) in [6, 6.07) is 0. The molecular formula is C17H31N5O2S2. The first-order valence-electron chi connectivity index (χ1n) is 9.32. The number of aryl methyl sites for hydroxylation is 2. The molecule has 1 saturated carbocycles. The van der Waals surface area contributed by atoms with Gasteiger partial charge in [0, 0.05) is 30.9 Å². The van der Waals surface area contributed by atoms with E-state index in [0.717, 1.165) is 36.5 Å². The first-order valence-corrected chi connectivity index (χ1v) is 11.8. The van der Waals surface area contributed by atoms with Gasteiger partial charge in [-0.3, -0.25) is 4.99 Å². The summed E-state index contributed by atoms with van der Waals surface area (Å²) in [5, 5.41) is 7.49. The lowest BCUT2D eigenvalue weighted by atomic mass is 9.86. The number of hydrogen-bond acceptors (Lipinski definition) is 5. The number of hydrogen-bond donors (Lipinski definition) is 3. The second kappa shape index (κ2) is 10.2. The van der Waals surface area contributed by atoms with Crippen molar-refractivity contribution in [1.29, 1.82) is 0 Å². The molecule has 3 N–H and O–H groups in total. The maximum atomic E-state index is 12.0. The van der Waals surface area contributed by atoms with Crippen molar-refractivity contribution in [3.63, 3.8) is 0 Å². The molecule has 0 spiro atoms. The van der Waals surface area contributed by atoms with E-state index in [2.05, 4.69) is 32.3 Å². The third-order valence-electron chi connectivity index (χ3n) is 4.49. The van der Waals surface area contributed by atoms with Gasteiger partial charge in [0.15, 0.2) is 5.96 Å². The van der Waals surface area contributed by atoms with E-state index in [1.165, 1.54) is 11.3 Å². The Balaban J connectivity index is 1.73. The fourth-order valence-corrected chi connectivity index (χ4v) is 4.47. The highest BCUT2D eigenvalue weighted by Gasteiger charge is 2.19. The Hall–Kier alpha value is -1.19. The van der Waals surface area contributed by atoms with Crippen LogP contribution in [0.25, 0.3) is 0 Å². The van der Waals surface area contributed by atoms with Crippen LogP contribution < -0.4 is 15.4 Å². The Bertz CT molecular complexity index is 677. The zero-order valence-corrected chi connectivity index (χ0v) is 17.6. The van der Waals surface area contributed by atoms with Crippen LogP contribution in [-0.4, -0.2) is 51.3 Å². The lowest BCUT2D eigenvalue weighted by Crippen LogP contribution is -2.39. The minimum Gasteiger partial charge on any atom is -0.357 e. The van der Waals surface area contributed by atoms with Gasteiger partial charge in [-0.1, -0.05) is 6.42 Å². The molecule has 0 radical (unpaired) electrons. The minimum absolute atomic E-state index is 0.0150. The summed E-state index contributed by atoms with van der Waals surface area (Å²) >= 11 is 1.72. The van der Waals surface area contributed by atoms with Crippen LogP contribution in [0.15, 0.2) is 4.99 Å². The van der Waals surface area contributed by atoms with Crippen LogP contribution in [0.1, 0.15) is 41.8 Å². The zero-order valence-electron chi connectivity index (χ0n) is 16.0. The van der Waals surface area contributed by atoms with Crippen LogP contribution in [0.5, 0.6) is 0 Å². The van der Waals surface area contributed by atoms with Crippen molar-refractivity contribution in [3.05, 3.63) is 15.6 Å². The first kappa shape index (κ1) is 21.1. The van der Waals surface area contributed by atoms with Crippen LogP contribution in [0, 0.1) is 19.8 Å². The second-order valence-corrected chi connectivity index (χ2v) is 9.87. The number of aliphatic imine (C=N–C) groups is 1. The topological polar surface area (TPSA) is 95.5 Å². The molecule has 1 aliphatic rings. The van der Waals surface area contributed by atoms with Crippen molar-refractivity contribution < 1.29 is 8.42 Å². The predicted molar refractivity (Wildman–Crippen MR) is 108 cm³/mol. The van der Waals surface area contributed by atoms with E-state index < -0.39 is 10.0 Å². The van der Waals surface area contributed by atoms with Crippen LogP contribution in [0.2, 0.25) is 0 Å². The molecule has 1 heterocycles. The molecule has 1 aliphatic carbocycles. The Morgan fingerprint density at radius 2 is 2.08 bits per heavy atom. The summed E-state index contributed by atoms with van der Waals surface area (Å²) in [6.07, 6.45) is 4.31. The average Bonchev–Trinajstić information content (AvgIpc) is 2.84. The number of rotatable bonds is 10. The molecule has 0 saturated heterocycles.